The monoisotopic (exact) mass is 281 g/mol. The molecular formula is C16H31N3O. The molecule has 2 rings (SSSR count). The van der Waals surface area contributed by atoms with Crippen molar-refractivity contribution < 1.29 is 4.79 Å². The minimum atomic E-state index is -0.276. The average molecular weight is 281 g/mol. The Morgan fingerprint density at radius 1 is 1.15 bits per heavy atom. The second kappa shape index (κ2) is 7.99. The Balaban J connectivity index is 1.74. The van der Waals surface area contributed by atoms with Crippen LogP contribution in [0.5, 0.6) is 0 Å². The molecule has 0 aromatic carbocycles. The summed E-state index contributed by atoms with van der Waals surface area (Å²) in [5.41, 5.74) is 6.01. The van der Waals surface area contributed by atoms with Crippen molar-refractivity contribution in [2.75, 3.05) is 26.2 Å². The lowest BCUT2D eigenvalue weighted by molar-refractivity contribution is -0.134. The molecule has 0 spiro atoms. The van der Waals surface area contributed by atoms with Crippen molar-refractivity contribution in [2.24, 2.45) is 5.73 Å². The SMILES string of the molecule is CCCC[C@H](N)C(=O)N1CCC(N2CCCCC2)CC1. The van der Waals surface area contributed by atoms with Gasteiger partial charge in [0.2, 0.25) is 5.91 Å². The molecule has 1 amide bonds. The Morgan fingerprint density at radius 2 is 1.80 bits per heavy atom. The lowest BCUT2D eigenvalue weighted by Crippen LogP contribution is -2.51. The fraction of sp³-hybridized carbons (Fsp3) is 0.938. The van der Waals surface area contributed by atoms with Crippen molar-refractivity contribution in [3.8, 4) is 0 Å². The molecule has 2 aliphatic rings. The molecular weight excluding hydrogens is 250 g/mol. The molecule has 0 saturated carbocycles. The number of likely N-dealkylation sites (tertiary alicyclic amines) is 2. The van der Waals surface area contributed by atoms with E-state index in [4.69, 9.17) is 5.73 Å². The van der Waals surface area contributed by atoms with Crippen LogP contribution in [0.4, 0.5) is 0 Å². The number of piperidine rings is 2. The predicted molar refractivity (Wildman–Crippen MR) is 82.5 cm³/mol. The average Bonchev–Trinajstić information content (AvgIpc) is 2.53. The van der Waals surface area contributed by atoms with Gasteiger partial charge in [0.25, 0.3) is 0 Å². The van der Waals surface area contributed by atoms with E-state index in [1.807, 2.05) is 4.90 Å². The van der Waals surface area contributed by atoms with Gasteiger partial charge in [-0.2, -0.15) is 0 Å². The van der Waals surface area contributed by atoms with Gasteiger partial charge in [0.05, 0.1) is 6.04 Å². The molecule has 116 valence electrons. The number of hydrogen-bond donors (Lipinski definition) is 1. The van der Waals surface area contributed by atoms with Crippen LogP contribution < -0.4 is 5.73 Å². The second-order valence-corrected chi connectivity index (χ2v) is 6.40. The number of nitrogens with two attached hydrogens (primary N) is 1. The fourth-order valence-electron chi connectivity index (χ4n) is 3.52. The number of carbonyl (C=O) groups is 1. The summed E-state index contributed by atoms with van der Waals surface area (Å²) in [7, 11) is 0. The van der Waals surface area contributed by atoms with Gasteiger partial charge < -0.3 is 15.5 Å². The van der Waals surface area contributed by atoms with Crippen LogP contribution in [0.2, 0.25) is 0 Å². The van der Waals surface area contributed by atoms with Crippen molar-refractivity contribution in [1.29, 1.82) is 0 Å². The topological polar surface area (TPSA) is 49.6 Å². The standard InChI is InChI=1S/C16H31N3O/c1-2-3-7-15(17)16(20)19-12-8-14(9-13-19)18-10-5-4-6-11-18/h14-15H,2-13,17H2,1H3/t15-/m0/s1. The third-order valence-corrected chi connectivity index (χ3v) is 4.87. The molecule has 2 heterocycles. The van der Waals surface area contributed by atoms with Crippen LogP contribution in [0.15, 0.2) is 0 Å². The van der Waals surface area contributed by atoms with Crippen molar-refractivity contribution >= 4 is 5.91 Å². The summed E-state index contributed by atoms with van der Waals surface area (Å²) in [6, 6.07) is 0.424. The first-order valence-electron chi connectivity index (χ1n) is 8.50. The highest BCUT2D eigenvalue weighted by atomic mass is 16.2. The lowest BCUT2D eigenvalue weighted by Gasteiger charge is -2.40. The summed E-state index contributed by atoms with van der Waals surface area (Å²) < 4.78 is 0. The Hall–Kier alpha value is -0.610. The third kappa shape index (κ3) is 4.19. The first kappa shape index (κ1) is 15.8. The molecule has 1 atom stereocenters. The maximum Gasteiger partial charge on any atom is 0.239 e. The number of rotatable bonds is 5. The zero-order chi connectivity index (χ0) is 14.4. The summed E-state index contributed by atoms with van der Waals surface area (Å²) >= 11 is 0. The highest BCUT2D eigenvalue weighted by molar-refractivity contribution is 5.81. The van der Waals surface area contributed by atoms with Gasteiger partial charge in [-0.25, -0.2) is 0 Å². The van der Waals surface area contributed by atoms with Crippen LogP contribution in [0.25, 0.3) is 0 Å². The molecule has 4 nitrogen and oxygen atoms in total. The third-order valence-electron chi connectivity index (χ3n) is 4.87. The number of unbranched alkanes of at least 4 members (excludes halogenated alkanes) is 1. The van der Waals surface area contributed by atoms with Gasteiger partial charge in [0.15, 0.2) is 0 Å². The first-order chi connectivity index (χ1) is 9.72. The van der Waals surface area contributed by atoms with Crippen LogP contribution in [0.3, 0.4) is 0 Å². The summed E-state index contributed by atoms with van der Waals surface area (Å²) in [5.74, 6) is 0.176. The summed E-state index contributed by atoms with van der Waals surface area (Å²) in [6.45, 7) is 6.46. The molecule has 0 aliphatic carbocycles. The van der Waals surface area contributed by atoms with E-state index in [1.54, 1.807) is 0 Å². The second-order valence-electron chi connectivity index (χ2n) is 6.40. The van der Waals surface area contributed by atoms with E-state index in [0.29, 0.717) is 6.04 Å². The van der Waals surface area contributed by atoms with Gasteiger partial charge >= 0.3 is 0 Å². The van der Waals surface area contributed by atoms with Crippen LogP contribution in [0.1, 0.15) is 58.3 Å². The Kier molecular flexibility index (Phi) is 6.30. The van der Waals surface area contributed by atoms with E-state index in [9.17, 15) is 4.79 Å². The highest BCUT2D eigenvalue weighted by Crippen LogP contribution is 2.21. The van der Waals surface area contributed by atoms with E-state index in [2.05, 4.69) is 11.8 Å². The summed E-state index contributed by atoms with van der Waals surface area (Å²) in [4.78, 5) is 16.9. The predicted octanol–water partition coefficient (Wildman–Crippen LogP) is 1.98. The molecule has 2 aliphatic heterocycles. The quantitative estimate of drug-likeness (QED) is 0.838. The van der Waals surface area contributed by atoms with Gasteiger partial charge in [-0.05, 0) is 45.2 Å². The van der Waals surface area contributed by atoms with Crippen molar-refractivity contribution in [2.45, 2.75) is 70.4 Å². The number of nitrogens with zero attached hydrogens (tertiary/aromatic N) is 2. The van der Waals surface area contributed by atoms with Crippen molar-refractivity contribution in [1.82, 2.24) is 9.80 Å². The molecule has 0 radical (unpaired) electrons. The number of hydrogen-bond acceptors (Lipinski definition) is 3. The Labute approximate surface area is 123 Å². The Bertz CT molecular complexity index is 294. The van der Waals surface area contributed by atoms with E-state index >= 15 is 0 Å². The molecule has 4 heteroatoms. The molecule has 0 bridgehead atoms. The van der Waals surface area contributed by atoms with E-state index in [1.165, 1.54) is 32.4 Å². The highest BCUT2D eigenvalue weighted by Gasteiger charge is 2.29. The maximum absolute atomic E-state index is 12.3. The molecule has 2 N–H and O–H groups in total. The Morgan fingerprint density at radius 3 is 2.40 bits per heavy atom. The van der Waals surface area contributed by atoms with Crippen LogP contribution in [-0.4, -0.2) is 54.0 Å². The van der Waals surface area contributed by atoms with E-state index < -0.39 is 0 Å². The van der Waals surface area contributed by atoms with Crippen LogP contribution in [0, 0.1) is 0 Å². The summed E-state index contributed by atoms with van der Waals surface area (Å²) in [6.07, 6.45) is 9.34. The van der Waals surface area contributed by atoms with Gasteiger partial charge in [0.1, 0.15) is 0 Å². The zero-order valence-corrected chi connectivity index (χ0v) is 13.0. The van der Waals surface area contributed by atoms with Crippen molar-refractivity contribution in [3.63, 3.8) is 0 Å². The molecule has 0 unspecified atom stereocenters. The van der Waals surface area contributed by atoms with E-state index in [-0.39, 0.29) is 11.9 Å². The molecule has 2 saturated heterocycles. The minimum Gasteiger partial charge on any atom is -0.341 e. The van der Waals surface area contributed by atoms with E-state index in [0.717, 1.165) is 45.2 Å². The molecule has 2 fully saturated rings. The van der Waals surface area contributed by atoms with Crippen LogP contribution >= 0.6 is 0 Å². The molecule has 0 aromatic rings. The van der Waals surface area contributed by atoms with Gasteiger partial charge in [-0.15, -0.1) is 0 Å². The van der Waals surface area contributed by atoms with Crippen LogP contribution in [-0.2, 0) is 4.79 Å². The zero-order valence-electron chi connectivity index (χ0n) is 13.0. The lowest BCUT2D eigenvalue weighted by atomic mass is 9.99. The maximum atomic E-state index is 12.3. The minimum absolute atomic E-state index is 0.176. The number of amides is 1. The normalized spacial score (nSPS) is 23.8. The first-order valence-corrected chi connectivity index (χ1v) is 8.50. The van der Waals surface area contributed by atoms with Gasteiger partial charge in [-0.3, -0.25) is 4.79 Å². The smallest absolute Gasteiger partial charge is 0.239 e. The fourth-order valence-corrected chi connectivity index (χ4v) is 3.52. The number of carbonyl (C=O) groups excluding carboxylic acids is 1. The molecule has 20 heavy (non-hydrogen) atoms. The van der Waals surface area contributed by atoms with Crippen molar-refractivity contribution in [3.05, 3.63) is 0 Å². The van der Waals surface area contributed by atoms with Gasteiger partial charge in [-0.1, -0.05) is 26.2 Å². The molecule has 0 aromatic heterocycles. The summed E-state index contributed by atoms with van der Waals surface area (Å²) in [5, 5.41) is 0. The largest absolute Gasteiger partial charge is 0.341 e. The van der Waals surface area contributed by atoms with Gasteiger partial charge in [0, 0.05) is 19.1 Å².